The van der Waals surface area contributed by atoms with Gasteiger partial charge in [-0.2, -0.15) is 0 Å². The largest absolute Gasteiger partial charge is 0.375 e. The summed E-state index contributed by atoms with van der Waals surface area (Å²) in [6.07, 6.45) is 5.16. The minimum absolute atomic E-state index is 0.0282. The van der Waals surface area contributed by atoms with Gasteiger partial charge in [0.1, 0.15) is 0 Å². The first-order valence-corrected chi connectivity index (χ1v) is 7.11. The van der Waals surface area contributed by atoms with Gasteiger partial charge in [0, 0.05) is 19.2 Å². The standard InChI is InChI=1S/C13H28N4O/c1-4-8-15-12(17-14)16-11-7-9-18-13(5-2,6-3)10-11/h11H,4-10,14H2,1-3H3,(H2,15,16,17). The molecule has 5 nitrogen and oxygen atoms in total. The molecule has 0 spiro atoms. The van der Waals surface area contributed by atoms with Gasteiger partial charge in [0.15, 0.2) is 0 Å². The summed E-state index contributed by atoms with van der Waals surface area (Å²) in [6, 6.07) is 0.394. The average molecular weight is 256 g/mol. The van der Waals surface area contributed by atoms with Crippen LogP contribution in [0.3, 0.4) is 0 Å². The molecule has 5 heteroatoms. The van der Waals surface area contributed by atoms with Crippen LogP contribution in [0.1, 0.15) is 52.9 Å². The van der Waals surface area contributed by atoms with E-state index in [1.165, 1.54) is 0 Å². The van der Waals surface area contributed by atoms with Crippen molar-refractivity contribution in [1.29, 1.82) is 0 Å². The Balaban J connectivity index is 2.56. The van der Waals surface area contributed by atoms with Gasteiger partial charge in [-0.25, -0.2) is 5.84 Å². The zero-order chi connectivity index (χ0) is 13.4. The highest BCUT2D eigenvalue weighted by Gasteiger charge is 2.34. The first-order valence-electron chi connectivity index (χ1n) is 7.11. The fraction of sp³-hybridized carbons (Fsp3) is 0.923. The number of aliphatic imine (C=N–C) groups is 1. The van der Waals surface area contributed by atoms with Gasteiger partial charge < -0.3 is 10.1 Å². The van der Waals surface area contributed by atoms with Crippen LogP contribution in [-0.4, -0.2) is 30.8 Å². The highest BCUT2D eigenvalue weighted by atomic mass is 16.5. The second-order valence-electron chi connectivity index (χ2n) is 4.95. The van der Waals surface area contributed by atoms with E-state index in [0.29, 0.717) is 12.0 Å². The minimum Gasteiger partial charge on any atom is -0.375 e. The normalized spacial score (nSPS) is 23.8. The number of rotatable bonds is 5. The number of hydrazine groups is 1. The summed E-state index contributed by atoms with van der Waals surface area (Å²) in [5.74, 6) is 6.19. The Bertz CT molecular complexity index is 264. The number of nitrogens with two attached hydrogens (primary N) is 1. The topological polar surface area (TPSA) is 71.7 Å². The quantitative estimate of drug-likeness (QED) is 0.302. The smallest absolute Gasteiger partial charge is 0.205 e. The van der Waals surface area contributed by atoms with E-state index in [-0.39, 0.29) is 5.60 Å². The second-order valence-corrected chi connectivity index (χ2v) is 4.95. The molecule has 0 aromatic rings. The van der Waals surface area contributed by atoms with E-state index in [0.717, 1.165) is 45.3 Å². The molecule has 1 heterocycles. The Morgan fingerprint density at radius 2 is 2.11 bits per heavy atom. The first kappa shape index (κ1) is 15.2. The van der Waals surface area contributed by atoms with Crippen LogP contribution in [0.15, 0.2) is 4.99 Å². The molecule has 0 bridgehead atoms. The van der Waals surface area contributed by atoms with Crippen molar-refractivity contribution in [3.05, 3.63) is 0 Å². The van der Waals surface area contributed by atoms with E-state index in [9.17, 15) is 0 Å². The van der Waals surface area contributed by atoms with Crippen LogP contribution in [0, 0.1) is 0 Å². The van der Waals surface area contributed by atoms with E-state index in [2.05, 4.69) is 36.5 Å². The van der Waals surface area contributed by atoms with Crippen LogP contribution in [0.25, 0.3) is 0 Å². The third-order valence-corrected chi connectivity index (χ3v) is 3.75. The SMILES string of the molecule is CCCN=C(NN)NC1CCOC(CC)(CC)C1. The summed E-state index contributed by atoms with van der Waals surface area (Å²) < 4.78 is 5.96. The van der Waals surface area contributed by atoms with Gasteiger partial charge in [0.2, 0.25) is 5.96 Å². The molecule has 106 valence electrons. The van der Waals surface area contributed by atoms with E-state index >= 15 is 0 Å². The van der Waals surface area contributed by atoms with Crippen molar-refractivity contribution in [3.8, 4) is 0 Å². The molecule has 0 radical (unpaired) electrons. The highest BCUT2D eigenvalue weighted by molar-refractivity contribution is 5.79. The van der Waals surface area contributed by atoms with Crippen molar-refractivity contribution >= 4 is 5.96 Å². The Hall–Kier alpha value is -0.810. The lowest BCUT2D eigenvalue weighted by Crippen LogP contribution is -2.52. The third-order valence-electron chi connectivity index (χ3n) is 3.75. The summed E-state index contributed by atoms with van der Waals surface area (Å²) in [7, 11) is 0. The molecule has 18 heavy (non-hydrogen) atoms. The van der Waals surface area contributed by atoms with E-state index in [1.54, 1.807) is 0 Å². The van der Waals surface area contributed by atoms with Gasteiger partial charge in [-0.1, -0.05) is 20.8 Å². The van der Waals surface area contributed by atoms with Gasteiger partial charge in [0.25, 0.3) is 0 Å². The molecule has 1 atom stereocenters. The Morgan fingerprint density at radius 3 is 2.67 bits per heavy atom. The zero-order valence-electron chi connectivity index (χ0n) is 12.0. The minimum atomic E-state index is 0.0282. The number of nitrogens with zero attached hydrogens (tertiary/aromatic N) is 1. The van der Waals surface area contributed by atoms with Crippen molar-refractivity contribution in [3.63, 3.8) is 0 Å². The lowest BCUT2D eigenvalue weighted by Gasteiger charge is -2.40. The van der Waals surface area contributed by atoms with Gasteiger partial charge in [0.05, 0.1) is 5.60 Å². The summed E-state index contributed by atoms with van der Waals surface area (Å²) in [6.45, 7) is 8.09. The maximum Gasteiger partial charge on any atom is 0.205 e. The molecule has 0 amide bonds. The summed E-state index contributed by atoms with van der Waals surface area (Å²) in [5.41, 5.74) is 2.67. The number of nitrogens with one attached hydrogen (secondary N) is 2. The molecule has 0 aliphatic carbocycles. The molecule has 0 aromatic carbocycles. The van der Waals surface area contributed by atoms with Crippen LogP contribution >= 0.6 is 0 Å². The van der Waals surface area contributed by atoms with Crippen molar-refractivity contribution in [2.24, 2.45) is 10.8 Å². The van der Waals surface area contributed by atoms with Crippen molar-refractivity contribution in [1.82, 2.24) is 10.7 Å². The predicted octanol–water partition coefficient (Wildman–Crippen LogP) is 1.54. The van der Waals surface area contributed by atoms with Crippen molar-refractivity contribution in [2.45, 2.75) is 64.5 Å². The molecule has 1 unspecified atom stereocenters. The third kappa shape index (κ3) is 4.14. The molecule has 1 aliphatic heterocycles. The monoisotopic (exact) mass is 256 g/mol. The molecule has 4 N–H and O–H groups in total. The summed E-state index contributed by atoms with van der Waals surface area (Å²) >= 11 is 0. The number of ether oxygens (including phenoxy) is 1. The van der Waals surface area contributed by atoms with Gasteiger partial charge >= 0.3 is 0 Å². The van der Waals surface area contributed by atoms with Gasteiger partial charge in [-0.3, -0.25) is 10.4 Å². The summed E-state index contributed by atoms with van der Waals surface area (Å²) in [4.78, 5) is 4.38. The highest BCUT2D eigenvalue weighted by Crippen LogP contribution is 2.31. The van der Waals surface area contributed by atoms with Crippen LogP contribution in [0.2, 0.25) is 0 Å². The predicted molar refractivity (Wildman–Crippen MR) is 75.3 cm³/mol. The Morgan fingerprint density at radius 1 is 1.39 bits per heavy atom. The Labute approximate surface area is 111 Å². The lowest BCUT2D eigenvalue weighted by atomic mass is 9.86. The Kier molecular flexibility index (Phi) is 6.43. The number of hydrogen-bond donors (Lipinski definition) is 3. The first-order chi connectivity index (χ1) is 8.69. The molecule has 0 aromatic heterocycles. The molecule has 1 rings (SSSR count). The average Bonchev–Trinajstić information content (AvgIpc) is 2.43. The lowest BCUT2D eigenvalue weighted by molar-refractivity contribution is -0.0910. The summed E-state index contributed by atoms with van der Waals surface area (Å²) in [5, 5.41) is 3.40. The van der Waals surface area contributed by atoms with Crippen LogP contribution in [0.4, 0.5) is 0 Å². The van der Waals surface area contributed by atoms with E-state index in [1.807, 2.05) is 0 Å². The zero-order valence-corrected chi connectivity index (χ0v) is 12.0. The van der Waals surface area contributed by atoms with Crippen molar-refractivity contribution in [2.75, 3.05) is 13.2 Å². The maximum absolute atomic E-state index is 5.96. The number of guanidine groups is 1. The van der Waals surface area contributed by atoms with Gasteiger partial charge in [-0.15, -0.1) is 0 Å². The van der Waals surface area contributed by atoms with Crippen LogP contribution in [0.5, 0.6) is 0 Å². The molecule has 1 aliphatic rings. The van der Waals surface area contributed by atoms with Crippen LogP contribution < -0.4 is 16.6 Å². The molecular weight excluding hydrogens is 228 g/mol. The van der Waals surface area contributed by atoms with Crippen LogP contribution in [-0.2, 0) is 4.74 Å². The number of hydrogen-bond acceptors (Lipinski definition) is 3. The molecule has 1 saturated heterocycles. The second kappa shape index (κ2) is 7.59. The van der Waals surface area contributed by atoms with Crippen molar-refractivity contribution < 1.29 is 4.74 Å². The van der Waals surface area contributed by atoms with E-state index in [4.69, 9.17) is 10.6 Å². The fourth-order valence-corrected chi connectivity index (χ4v) is 2.44. The molecule has 1 fully saturated rings. The van der Waals surface area contributed by atoms with Gasteiger partial charge in [-0.05, 0) is 32.1 Å². The fourth-order valence-electron chi connectivity index (χ4n) is 2.44. The molecular formula is C13H28N4O. The van der Waals surface area contributed by atoms with E-state index < -0.39 is 0 Å². The maximum atomic E-state index is 5.96. The molecule has 0 saturated carbocycles.